The standard InChI is InChI=1S/C11H23NO/c1-8(2)11(12-3)10(7-13-4)9-5-6-9/h8-12H,5-7H2,1-4H3. The molecule has 0 radical (unpaired) electrons. The molecule has 78 valence electrons. The molecule has 0 aromatic heterocycles. The molecular weight excluding hydrogens is 162 g/mol. The van der Waals surface area contributed by atoms with Gasteiger partial charge in [0.15, 0.2) is 0 Å². The fraction of sp³-hybridized carbons (Fsp3) is 1.00. The van der Waals surface area contributed by atoms with Gasteiger partial charge in [-0.3, -0.25) is 0 Å². The Labute approximate surface area is 82.0 Å². The lowest BCUT2D eigenvalue weighted by Gasteiger charge is -2.29. The quantitative estimate of drug-likeness (QED) is 0.682. The Kier molecular flexibility index (Phi) is 4.20. The largest absolute Gasteiger partial charge is 0.384 e. The lowest BCUT2D eigenvalue weighted by molar-refractivity contribution is 0.107. The Hall–Kier alpha value is -0.0800. The molecule has 1 fully saturated rings. The molecular formula is C11H23NO. The summed E-state index contributed by atoms with van der Waals surface area (Å²) >= 11 is 0. The first-order chi connectivity index (χ1) is 6.20. The molecule has 0 aromatic rings. The molecule has 2 atom stereocenters. The molecule has 0 spiro atoms. The van der Waals surface area contributed by atoms with Gasteiger partial charge in [0.05, 0.1) is 6.61 Å². The Bertz CT molecular complexity index is 143. The predicted octanol–water partition coefficient (Wildman–Crippen LogP) is 1.90. The normalized spacial score (nSPS) is 21.9. The van der Waals surface area contributed by atoms with Gasteiger partial charge in [0, 0.05) is 19.1 Å². The van der Waals surface area contributed by atoms with Gasteiger partial charge in [-0.15, -0.1) is 0 Å². The number of ether oxygens (including phenoxy) is 1. The molecule has 1 saturated carbocycles. The molecule has 1 rings (SSSR count). The zero-order valence-electron chi connectivity index (χ0n) is 9.34. The maximum Gasteiger partial charge on any atom is 0.0508 e. The van der Waals surface area contributed by atoms with Crippen LogP contribution in [0.15, 0.2) is 0 Å². The number of nitrogens with one attached hydrogen (secondary N) is 1. The number of hydrogen-bond donors (Lipinski definition) is 1. The van der Waals surface area contributed by atoms with Crippen LogP contribution in [0.3, 0.4) is 0 Å². The minimum Gasteiger partial charge on any atom is -0.384 e. The number of hydrogen-bond acceptors (Lipinski definition) is 2. The molecule has 0 saturated heterocycles. The maximum atomic E-state index is 5.30. The van der Waals surface area contributed by atoms with Crippen LogP contribution in [0.5, 0.6) is 0 Å². The minimum absolute atomic E-state index is 0.618. The van der Waals surface area contributed by atoms with E-state index >= 15 is 0 Å². The summed E-state index contributed by atoms with van der Waals surface area (Å²) in [5.41, 5.74) is 0. The smallest absolute Gasteiger partial charge is 0.0508 e. The molecule has 0 amide bonds. The van der Waals surface area contributed by atoms with Gasteiger partial charge >= 0.3 is 0 Å². The van der Waals surface area contributed by atoms with Crippen molar-refractivity contribution in [3.8, 4) is 0 Å². The zero-order valence-corrected chi connectivity index (χ0v) is 9.34. The van der Waals surface area contributed by atoms with Crippen LogP contribution in [0.1, 0.15) is 26.7 Å². The highest BCUT2D eigenvalue weighted by atomic mass is 16.5. The van der Waals surface area contributed by atoms with Crippen LogP contribution in [-0.4, -0.2) is 26.8 Å². The van der Waals surface area contributed by atoms with E-state index in [1.165, 1.54) is 12.8 Å². The maximum absolute atomic E-state index is 5.30. The van der Waals surface area contributed by atoms with Crippen molar-refractivity contribution in [1.82, 2.24) is 5.32 Å². The highest BCUT2D eigenvalue weighted by Crippen LogP contribution is 2.39. The van der Waals surface area contributed by atoms with Crippen molar-refractivity contribution in [3.63, 3.8) is 0 Å². The third-order valence-electron chi connectivity index (χ3n) is 3.10. The van der Waals surface area contributed by atoms with Crippen LogP contribution in [0.2, 0.25) is 0 Å². The molecule has 0 heterocycles. The van der Waals surface area contributed by atoms with E-state index in [2.05, 4.69) is 26.2 Å². The molecule has 0 aliphatic heterocycles. The lowest BCUT2D eigenvalue weighted by atomic mass is 9.87. The Morgan fingerprint density at radius 1 is 1.38 bits per heavy atom. The predicted molar refractivity (Wildman–Crippen MR) is 55.8 cm³/mol. The van der Waals surface area contributed by atoms with Crippen molar-refractivity contribution in [2.75, 3.05) is 20.8 Å². The van der Waals surface area contributed by atoms with Crippen LogP contribution in [0.25, 0.3) is 0 Å². The molecule has 13 heavy (non-hydrogen) atoms. The second-order valence-corrected chi connectivity index (χ2v) is 4.52. The van der Waals surface area contributed by atoms with Gasteiger partial charge in [-0.1, -0.05) is 13.8 Å². The summed E-state index contributed by atoms with van der Waals surface area (Å²) in [4.78, 5) is 0. The molecule has 1 aliphatic carbocycles. The molecule has 1 aliphatic rings. The van der Waals surface area contributed by atoms with E-state index in [1.54, 1.807) is 0 Å². The average Bonchev–Trinajstić information content (AvgIpc) is 2.86. The van der Waals surface area contributed by atoms with Gasteiger partial charge in [0.2, 0.25) is 0 Å². The fourth-order valence-electron chi connectivity index (χ4n) is 2.29. The first-order valence-electron chi connectivity index (χ1n) is 5.37. The van der Waals surface area contributed by atoms with Crippen LogP contribution >= 0.6 is 0 Å². The SMILES string of the molecule is CNC(C(C)C)C(COC)C1CC1. The third kappa shape index (κ3) is 2.96. The summed E-state index contributed by atoms with van der Waals surface area (Å²) in [6.45, 7) is 5.48. The molecule has 0 bridgehead atoms. The summed E-state index contributed by atoms with van der Waals surface area (Å²) < 4.78 is 5.30. The summed E-state index contributed by atoms with van der Waals surface area (Å²) in [5.74, 6) is 2.33. The second kappa shape index (κ2) is 4.97. The Morgan fingerprint density at radius 3 is 2.31 bits per heavy atom. The molecule has 2 nitrogen and oxygen atoms in total. The highest BCUT2D eigenvalue weighted by Gasteiger charge is 2.36. The van der Waals surface area contributed by atoms with Crippen molar-refractivity contribution in [1.29, 1.82) is 0 Å². The highest BCUT2D eigenvalue weighted by molar-refractivity contribution is 4.89. The summed E-state index contributed by atoms with van der Waals surface area (Å²) in [6.07, 6.45) is 2.80. The van der Waals surface area contributed by atoms with Crippen molar-refractivity contribution < 1.29 is 4.74 Å². The minimum atomic E-state index is 0.618. The third-order valence-corrected chi connectivity index (χ3v) is 3.10. The van der Waals surface area contributed by atoms with E-state index in [0.29, 0.717) is 12.0 Å². The van der Waals surface area contributed by atoms with Gasteiger partial charge in [0.25, 0.3) is 0 Å². The topological polar surface area (TPSA) is 21.3 Å². The van der Waals surface area contributed by atoms with Gasteiger partial charge in [-0.25, -0.2) is 0 Å². The summed E-state index contributed by atoms with van der Waals surface area (Å²) in [6, 6.07) is 0.618. The van der Waals surface area contributed by atoms with Gasteiger partial charge in [-0.2, -0.15) is 0 Å². The van der Waals surface area contributed by atoms with E-state index in [4.69, 9.17) is 4.74 Å². The Balaban J connectivity index is 2.48. The van der Waals surface area contributed by atoms with Crippen LogP contribution in [0, 0.1) is 17.8 Å². The van der Waals surface area contributed by atoms with E-state index in [9.17, 15) is 0 Å². The second-order valence-electron chi connectivity index (χ2n) is 4.52. The van der Waals surface area contributed by atoms with Gasteiger partial charge in [-0.05, 0) is 31.7 Å². The van der Waals surface area contributed by atoms with E-state index < -0.39 is 0 Å². The molecule has 2 heteroatoms. The molecule has 1 N–H and O–H groups in total. The van der Waals surface area contributed by atoms with E-state index in [1.807, 2.05) is 7.11 Å². The van der Waals surface area contributed by atoms with Crippen LogP contribution < -0.4 is 5.32 Å². The Morgan fingerprint density at radius 2 is 2.00 bits per heavy atom. The van der Waals surface area contributed by atoms with Crippen LogP contribution in [-0.2, 0) is 4.74 Å². The van der Waals surface area contributed by atoms with Crippen molar-refractivity contribution in [2.45, 2.75) is 32.7 Å². The number of rotatable bonds is 6. The van der Waals surface area contributed by atoms with Gasteiger partial charge < -0.3 is 10.1 Å². The van der Waals surface area contributed by atoms with E-state index in [0.717, 1.165) is 18.4 Å². The average molecular weight is 185 g/mol. The molecule has 2 unspecified atom stereocenters. The van der Waals surface area contributed by atoms with Crippen molar-refractivity contribution in [3.05, 3.63) is 0 Å². The van der Waals surface area contributed by atoms with Crippen molar-refractivity contribution in [2.24, 2.45) is 17.8 Å². The number of methoxy groups -OCH3 is 1. The first-order valence-corrected chi connectivity index (χ1v) is 5.37. The lowest BCUT2D eigenvalue weighted by Crippen LogP contribution is -2.41. The zero-order chi connectivity index (χ0) is 9.84. The summed E-state index contributed by atoms with van der Waals surface area (Å²) in [7, 11) is 3.87. The fourth-order valence-corrected chi connectivity index (χ4v) is 2.29. The molecule has 0 aromatic carbocycles. The van der Waals surface area contributed by atoms with Crippen LogP contribution in [0.4, 0.5) is 0 Å². The first kappa shape index (κ1) is 11.0. The van der Waals surface area contributed by atoms with Gasteiger partial charge in [0.1, 0.15) is 0 Å². The summed E-state index contributed by atoms with van der Waals surface area (Å²) in [5, 5.41) is 3.43. The van der Waals surface area contributed by atoms with Crippen molar-refractivity contribution >= 4 is 0 Å². The monoisotopic (exact) mass is 185 g/mol. The van der Waals surface area contributed by atoms with E-state index in [-0.39, 0.29) is 0 Å².